The monoisotopic (exact) mass is 239 g/mol. The van der Waals surface area contributed by atoms with Crippen molar-refractivity contribution in [3.05, 3.63) is 5.82 Å². The second kappa shape index (κ2) is 4.77. The molecule has 0 aliphatic rings. The molecular formula is C6H8F3N5O2. The maximum Gasteiger partial charge on any atom is 0.422 e. The SMILES string of the molecule is CC(NC(=O)OCC(F)(F)F)c1nn[nH]n1. The molecule has 1 aromatic rings. The summed E-state index contributed by atoms with van der Waals surface area (Å²) in [6.45, 7) is -0.169. The Bertz CT molecular complexity index is 338. The maximum absolute atomic E-state index is 11.7. The molecule has 1 atom stereocenters. The fraction of sp³-hybridized carbons (Fsp3) is 0.667. The number of H-pyrrole nitrogens is 1. The molecule has 0 bridgehead atoms. The number of halogens is 3. The van der Waals surface area contributed by atoms with Crippen molar-refractivity contribution in [3.8, 4) is 0 Å². The summed E-state index contributed by atoms with van der Waals surface area (Å²) >= 11 is 0. The van der Waals surface area contributed by atoms with Crippen LogP contribution in [-0.2, 0) is 4.74 Å². The number of carbonyl (C=O) groups is 1. The van der Waals surface area contributed by atoms with Crippen LogP contribution in [0.1, 0.15) is 18.8 Å². The van der Waals surface area contributed by atoms with Gasteiger partial charge in [-0.1, -0.05) is 5.21 Å². The van der Waals surface area contributed by atoms with E-state index < -0.39 is 24.9 Å². The van der Waals surface area contributed by atoms with Crippen molar-refractivity contribution >= 4 is 6.09 Å². The predicted octanol–water partition coefficient (Wildman–Crippen LogP) is 0.549. The molecule has 2 N–H and O–H groups in total. The van der Waals surface area contributed by atoms with E-state index in [1.165, 1.54) is 6.92 Å². The highest BCUT2D eigenvalue weighted by Crippen LogP contribution is 2.14. The molecule has 90 valence electrons. The zero-order chi connectivity index (χ0) is 12.2. The van der Waals surface area contributed by atoms with E-state index >= 15 is 0 Å². The average Bonchev–Trinajstić information content (AvgIpc) is 2.66. The lowest BCUT2D eigenvalue weighted by atomic mass is 10.3. The number of rotatable bonds is 3. The van der Waals surface area contributed by atoms with Crippen LogP contribution < -0.4 is 5.32 Å². The summed E-state index contributed by atoms with van der Waals surface area (Å²) in [5, 5.41) is 14.6. The van der Waals surface area contributed by atoms with Crippen molar-refractivity contribution in [1.29, 1.82) is 0 Å². The van der Waals surface area contributed by atoms with E-state index in [0.29, 0.717) is 0 Å². The number of tetrazole rings is 1. The van der Waals surface area contributed by atoms with Crippen LogP contribution in [0.25, 0.3) is 0 Å². The third-order valence-electron chi connectivity index (χ3n) is 1.45. The van der Waals surface area contributed by atoms with E-state index in [9.17, 15) is 18.0 Å². The van der Waals surface area contributed by atoms with Gasteiger partial charge in [-0.25, -0.2) is 4.79 Å². The number of hydrogen-bond acceptors (Lipinski definition) is 5. The number of amides is 1. The molecule has 0 fully saturated rings. The highest BCUT2D eigenvalue weighted by molar-refractivity contribution is 5.67. The molecule has 0 radical (unpaired) electrons. The fourth-order valence-corrected chi connectivity index (χ4v) is 0.783. The number of hydrogen-bond donors (Lipinski definition) is 2. The van der Waals surface area contributed by atoms with Crippen LogP contribution >= 0.6 is 0 Å². The Hall–Kier alpha value is -1.87. The van der Waals surface area contributed by atoms with Crippen molar-refractivity contribution in [3.63, 3.8) is 0 Å². The number of nitrogens with zero attached hydrogens (tertiary/aromatic N) is 3. The molecule has 7 nitrogen and oxygen atoms in total. The molecule has 0 aliphatic carbocycles. The molecule has 1 rings (SSSR count). The van der Waals surface area contributed by atoms with E-state index in [1.54, 1.807) is 0 Å². The van der Waals surface area contributed by atoms with Gasteiger partial charge < -0.3 is 10.1 Å². The van der Waals surface area contributed by atoms with Crippen molar-refractivity contribution in [1.82, 2.24) is 25.9 Å². The number of alkyl carbamates (subject to hydrolysis) is 1. The normalized spacial score (nSPS) is 13.2. The Kier molecular flexibility index (Phi) is 3.64. The van der Waals surface area contributed by atoms with Crippen LogP contribution in [0.2, 0.25) is 0 Å². The van der Waals surface area contributed by atoms with Crippen LogP contribution in [0.5, 0.6) is 0 Å². The van der Waals surface area contributed by atoms with Crippen molar-refractivity contribution in [2.75, 3.05) is 6.61 Å². The minimum absolute atomic E-state index is 0.143. The maximum atomic E-state index is 11.7. The topological polar surface area (TPSA) is 92.8 Å². The van der Waals surface area contributed by atoms with E-state index in [0.717, 1.165) is 0 Å². The van der Waals surface area contributed by atoms with Crippen LogP contribution in [0.15, 0.2) is 0 Å². The first-order valence-electron chi connectivity index (χ1n) is 4.12. The van der Waals surface area contributed by atoms with Crippen molar-refractivity contribution < 1.29 is 22.7 Å². The van der Waals surface area contributed by atoms with Gasteiger partial charge in [0.1, 0.15) is 0 Å². The van der Waals surface area contributed by atoms with Crippen LogP contribution in [0.3, 0.4) is 0 Å². The van der Waals surface area contributed by atoms with Gasteiger partial charge in [0.15, 0.2) is 12.4 Å². The number of nitrogens with one attached hydrogen (secondary N) is 2. The molecular weight excluding hydrogens is 231 g/mol. The van der Waals surface area contributed by atoms with E-state index in [-0.39, 0.29) is 5.82 Å². The van der Waals surface area contributed by atoms with Gasteiger partial charge >= 0.3 is 12.3 Å². The Morgan fingerprint density at radius 2 is 2.31 bits per heavy atom. The summed E-state index contributed by atoms with van der Waals surface area (Å²) in [5.74, 6) is 0.143. The minimum atomic E-state index is -4.55. The summed E-state index contributed by atoms with van der Waals surface area (Å²) in [6.07, 6.45) is -5.75. The average molecular weight is 239 g/mol. The quantitative estimate of drug-likeness (QED) is 0.803. The van der Waals surface area contributed by atoms with Gasteiger partial charge in [-0.3, -0.25) is 0 Å². The van der Waals surface area contributed by atoms with Crippen LogP contribution in [0.4, 0.5) is 18.0 Å². The minimum Gasteiger partial charge on any atom is -0.440 e. The zero-order valence-electron chi connectivity index (χ0n) is 8.08. The molecule has 1 aromatic heterocycles. The van der Waals surface area contributed by atoms with Crippen LogP contribution in [0, 0.1) is 0 Å². The van der Waals surface area contributed by atoms with Gasteiger partial charge in [-0.15, -0.1) is 10.2 Å². The van der Waals surface area contributed by atoms with E-state index in [4.69, 9.17) is 0 Å². The molecule has 1 unspecified atom stereocenters. The van der Waals surface area contributed by atoms with Gasteiger partial charge in [-0.2, -0.15) is 18.4 Å². The molecule has 1 heterocycles. The summed E-state index contributed by atoms with van der Waals surface area (Å²) in [7, 11) is 0. The second-order valence-corrected chi connectivity index (χ2v) is 2.83. The number of aromatic nitrogens is 4. The summed E-state index contributed by atoms with van der Waals surface area (Å²) in [4.78, 5) is 10.9. The number of alkyl halides is 3. The zero-order valence-corrected chi connectivity index (χ0v) is 8.08. The Morgan fingerprint density at radius 1 is 1.62 bits per heavy atom. The van der Waals surface area contributed by atoms with E-state index in [1.807, 2.05) is 0 Å². The lowest BCUT2D eigenvalue weighted by molar-refractivity contribution is -0.160. The highest BCUT2D eigenvalue weighted by atomic mass is 19.4. The standard InChI is InChI=1S/C6H8F3N5O2/c1-3(4-11-13-14-12-4)10-5(15)16-2-6(7,8)9/h3H,2H2,1H3,(H,10,15)(H,11,12,13,14). The largest absolute Gasteiger partial charge is 0.440 e. The van der Waals surface area contributed by atoms with Crippen molar-refractivity contribution in [2.24, 2.45) is 0 Å². The van der Waals surface area contributed by atoms with Gasteiger partial charge in [-0.05, 0) is 6.92 Å². The molecule has 10 heteroatoms. The predicted molar refractivity (Wildman–Crippen MR) is 43.1 cm³/mol. The smallest absolute Gasteiger partial charge is 0.422 e. The molecule has 0 saturated heterocycles. The first kappa shape index (κ1) is 12.2. The fourth-order valence-electron chi connectivity index (χ4n) is 0.783. The molecule has 0 spiro atoms. The van der Waals surface area contributed by atoms with Gasteiger partial charge in [0.25, 0.3) is 0 Å². The van der Waals surface area contributed by atoms with Gasteiger partial charge in [0.05, 0.1) is 6.04 Å². The number of ether oxygens (including phenoxy) is 1. The van der Waals surface area contributed by atoms with Gasteiger partial charge in [0, 0.05) is 0 Å². The number of aromatic amines is 1. The molecule has 0 saturated carbocycles. The van der Waals surface area contributed by atoms with Crippen molar-refractivity contribution in [2.45, 2.75) is 19.1 Å². The third-order valence-corrected chi connectivity index (χ3v) is 1.45. The summed E-state index contributed by atoms with van der Waals surface area (Å²) in [5.41, 5.74) is 0. The first-order chi connectivity index (χ1) is 7.38. The third kappa shape index (κ3) is 4.11. The Labute approximate surface area is 87.4 Å². The number of carbonyl (C=O) groups excluding carboxylic acids is 1. The highest BCUT2D eigenvalue weighted by Gasteiger charge is 2.30. The van der Waals surface area contributed by atoms with Crippen LogP contribution in [-0.4, -0.2) is 39.5 Å². The molecule has 0 aromatic carbocycles. The Balaban J connectivity index is 2.35. The van der Waals surface area contributed by atoms with E-state index in [2.05, 4.69) is 30.7 Å². The molecule has 16 heavy (non-hydrogen) atoms. The first-order valence-corrected chi connectivity index (χ1v) is 4.12. The summed E-state index contributed by atoms with van der Waals surface area (Å²) in [6, 6.07) is -0.695. The van der Waals surface area contributed by atoms with Gasteiger partial charge in [0.2, 0.25) is 0 Å². The second-order valence-electron chi connectivity index (χ2n) is 2.83. The Morgan fingerprint density at radius 3 is 2.81 bits per heavy atom. The summed E-state index contributed by atoms with van der Waals surface area (Å²) < 4.78 is 39.0. The molecule has 1 amide bonds. The molecule has 0 aliphatic heterocycles. The lowest BCUT2D eigenvalue weighted by Crippen LogP contribution is -2.31. The lowest BCUT2D eigenvalue weighted by Gasteiger charge is -2.11.